The summed E-state index contributed by atoms with van der Waals surface area (Å²) < 4.78 is 5.58. The van der Waals surface area contributed by atoms with Crippen molar-refractivity contribution in [3.8, 4) is 0 Å². The van der Waals surface area contributed by atoms with Crippen LogP contribution >= 0.6 is 0 Å². The molecule has 1 unspecified atom stereocenters. The molecule has 3 heterocycles. The zero-order valence-corrected chi connectivity index (χ0v) is 17.4. The van der Waals surface area contributed by atoms with E-state index in [0.29, 0.717) is 25.3 Å². The van der Waals surface area contributed by atoms with E-state index in [-0.39, 0.29) is 17.9 Å². The van der Waals surface area contributed by atoms with Crippen LogP contribution in [0, 0.1) is 6.92 Å². The molecule has 1 aromatic rings. The zero-order valence-electron chi connectivity index (χ0n) is 17.4. The first-order chi connectivity index (χ1) is 14.1. The number of ether oxygens (including phenoxy) is 1. The molecule has 7 heteroatoms. The summed E-state index contributed by atoms with van der Waals surface area (Å²) in [4.78, 5) is 32.1. The molecule has 1 N–H and O–H groups in total. The van der Waals surface area contributed by atoms with E-state index < -0.39 is 0 Å². The molecule has 0 bridgehead atoms. The van der Waals surface area contributed by atoms with Crippen LogP contribution in [0.2, 0.25) is 0 Å². The molecule has 29 heavy (non-hydrogen) atoms. The summed E-state index contributed by atoms with van der Waals surface area (Å²) in [6.45, 7) is 9.10. The number of carbonyl (C=O) groups is 2. The van der Waals surface area contributed by atoms with Gasteiger partial charge in [0.05, 0.1) is 25.8 Å². The highest BCUT2D eigenvalue weighted by Gasteiger charge is 2.32. The van der Waals surface area contributed by atoms with E-state index >= 15 is 0 Å². The summed E-state index contributed by atoms with van der Waals surface area (Å²) in [5.41, 5.74) is 2.34. The van der Waals surface area contributed by atoms with E-state index in [2.05, 4.69) is 15.1 Å². The van der Waals surface area contributed by atoms with Crippen molar-refractivity contribution < 1.29 is 14.3 Å². The molecule has 158 valence electrons. The van der Waals surface area contributed by atoms with Crippen molar-refractivity contribution in [3.63, 3.8) is 0 Å². The molecule has 0 saturated carbocycles. The van der Waals surface area contributed by atoms with Crippen molar-refractivity contribution >= 4 is 17.5 Å². The maximum Gasteiger partial charge on any atom is 0.254 e. The van der Waals surface area contributed by atoms with Crippen LogP contribution in [0.15, 0.2) is 18.2 Å². The van der Waals surface area contributed by atoms with Crippen LogP contribution in [0.5, 0.6) is 0 Å². The number of likely N-dealkylation sites (tertiary alicyclic amines) is 1. The number of piperidine rings is 1. The van der Waals surface area contributed by atoms with Gasteiger partial charge in [-0.3, -0.25) is 19.4 Å². The SMILES string of the molecule is Cc1ccc(C(=O)N2CCN3CCOCC3C2)cc1NC(=O)CN1CCCCC1. The van der Waals surface area contributed by atoms with Gasteiger partial charge in [-0.2, -0.15) is 0 Å². The van der Waals surface area contributed by atoms with Crippen LogP contribution in [0.4, 0.5) is 5.69 Å². The monoisotopic (exact) mass is 400 g/mol. The molecule has 7 nitrogen and oxygen atoms in total. The molecule has 0 spiro atoms. The van der Waals surface area contributed by atoms with Crippen LogP contribution in [0.25, 0.3) is 0 Å². The van der Waals surface area contributed by atoms with Gasteiger partial charge in [0.15, 0.2) is 0 Å². The number of carbonyl (C=O) groups excluding carboxylic acids is 2. The van der Waals surface area contributed by atoms with Gasteiger partial charge >= 0.3 is 0 Å². The van der Waals surface area contributed by atoms with Gasteiger partial charge in [0.25, 0.3) is 5.91 Å². The van der Waals surface area contributed by atoms with Crippen molar-refractivity contribution in [1.29, 1.82) is 0 Å². The molecule has 0 aliphatic carbocycles. The average Bonchev–Trinajstić information content (AvgIpc) is 2.75. The number of amides is 2. The maximum absolute atomic E-state index is 13.1. The second-order valence-electron chi connectivity index (χ2n) is 8.43. The molecular formula is C22H32N4O3. The Labute approximate surface area is 173 Å². The van der Waals surface area contributed by atoms with Crippen molar-refractivity contribution in [1.82, 2.24) is 14.7 Å². The minimum atomic E-state index is -0.00688. The predicted molar refractivity (Wildman–Crippen MR) is 112 cm³/mol. The first-order valence-corrected chi connectivity index (χ1v) is 10.8. The van der Waals surface area contributed by atoms with Crippen molar-refractivity contribution in [3.05, 3.63) is 29.3 Å². The van der Waals surface area contributed by atoms with Crippen LogP contribution in [-0.2, 0) is 9.53 Å². The Bertz CT molecular complexity index is 748. The van der Waals surface area contributed by atoms with Gasteiger partial charge in [0.2, 0.25) is 5.91 Å². The Kier molecular flexibility index (Phi) is 6.47. The quantitative estimate of drug-likeness (QED) is 0.831. The number of nitrogens with one attached hydrogen (secondary N) is 1. The van der Waals surface area contributed by atoms with Crippen LogP contribution < -0.4 is 5.32 Å². The summed E-state index contributed by atoms with van der Waals surface area (Å²) in [6.07, 6.45) is 3.58. The normalized spacial score (nSPS) is 23.5. The average molecular weight is 401 g/mol. The van der Waals surface area contributed by atoms with E-state index in [1.165, 1.54) is 6.42 Å². The molecule has 4 rings (SSSR count). The first-order valence-electron chi connectivity index (χ1n) is 10.8. The summed E-state index contributed by atoms with van der Waals surface area (Å²) in [7, 11) is 0. The van der Waals surface area contributed by atoms with Crippen molar-refractivity contribution in [2.45, 2.75) is 32.2 Å². The Morgan fingerprint density at radius 1 is 1.10 bits per heavy atom. The van der Waals surface area contributed by atoms with Gasteiger partial charge in [-0.05, 0) is 50.6 Å². The lowest BCUT2D eigenvalue weighted by atomic mass is 10.1. The van der Waals surface area contributed by atoms with Crippen LogP contribution in [-0.4, -0.2) is 91.6 Å². The first kappa shape index (κ1) is 20.3. The fraction of sp³-hybridized carbons (Fsp3) is 0.636. The van der Waals surface area contributed by atoms with Gasteiger partial charge in [0, 0.05) is 37.4 Å². The third-order valence-corrected chi connectivity index (χ3v) is 6.30. The van der Waals surface area contributed by atoms with Gasteiger partial charge < -0.3 is 15.0 Å². The van der Waals surface area contributed by atoms with E-state index in [1.807, 2.05) is 30.0 Å². The highest BCUT2D eigenvalue weighted by molar-refractivity contribution is 5.98. The van der Waals surface area contributed by atoms with E-state index in [0.717, 1.165) is 63.4 Å². The minimum Gasteiger partial charge on any atom is -0.378 e. The number of hydrogen-bond acceptors (Lipinski definition) is 5. The molecular weight excluding hydrogens is 368 g/mol. The molecule has 2 amide bonds. The van der Waals surface area contributed by atoms with Crippen LogP contribution in [0.1, 0.15) is 35.2 Å². The zero-order chi connectivity index (χ0) is 20.2. The summed E-state index contributed by atoms with van der Waals surface area (Å²) in [5.74, 6) is 0.0225. The number of aryl methyl sites for hydroxylation is 1. The third-order valence-electron chi connectivity index (χ3n) is 6.30. The number of piperazine rings is 1. The lowest BCUT2D eigenvalue weighted by molar-refractivity contribution is -0.117. The maximum atomic E-state index is 13.1. The molecule has 3 saturated heterocycles. The summed E-state index contributed by atoms with van der Waals surface area (Å²) >= 11 is 0. The van der Waals surface area contributed by atoms with Crippen molar-refractivity contribution in [2.75, 3.05) is 64.3 Å². The smallest absolute Gasteiger partial charge is 0.254 e. The second-order valence-corrected chi connectivity index (χ2v) is 8.43. The molecule has 3 fully saturated rings. The number of hydrogen-bond donors (Lipinski definition) is 1. The topological polar surface area (TPSA) is 65.1 Å². The molecule has 1 aromatic carbocycles. The molecule has 1 atom stereocenters. The summed E-state index contributed by atoms with van der Waals surface area (Å²) in [6, 6.07) is 5.90. The van der Waals surface area contributed by atoms with Crippen molar-refractivity contribution in [2.24, 2.45) is 0 Å². The van der Waals surface area contributed by atoms with E-state index in [4.69, 9.17) is 4.74 Å². The molecule has 3 aliphatic rings. The lowest BCUT2D eigenvalue weighted by Gasteiger charge is -2.43. The van der Waals surface area contributed by atoms with Crippen LogP contribution in [0.3, 0.4) is 0 Å². The number of anilines is 1. The standard InChI is InChI=1S/C22H32N4O3/c1-17-5-6-18(13-20(17)23-21(27)15-24-7-3-2-4-8-24)22(28)26-10-9-25-11-12-29-16-19(25)14-26/h5-6,13,19H,2-4,7-12,14-16H2,1H3,(H,23,27). The number of rotatable bonds is 4. The largest absolute Gasteiger partial charge is 0.378 e. The van der Waals surface area contributed by atoms with Gasteiger partial charge in [0.1, 0.15) is 0 Å². The fourth-order valence-electron chi connectivity index (χ4n) is 4.51. The third kappa shape index (κ3) is 4.97. The Morgan fingerprint density at radius 3 is 2.76 bits per heavy atom. The minimum absolute atomic E-state index is 0.00688. The molecule has 0 radical (unpaired) electrons. The van der Waals surface area contributed by atoms with Gasteiger partial charge in [-0.15, -0.1) is 0 Å². The van der Waals surface area contributed by atoms with Gasteiger partial charge in [-0.25, -0.2) is 0 Å². The van der Waals surface area contributed by atoms with E-state index in [1.54, 1.807) is 0 Å². The number of nitrogens with zero attached hydrogens (tertiary/aromatic N) is 3. The molecule has 3 aliphatic heterocycles. The lowest BCUT2D eigenvalue weighted by Crippen LogP contribution is -2.59. The van der Waals surface area contributed by atoms with Gasteiger partial charge in [-0.1, -0.05) is 12.5 Å². The Hall–Kier alpha value is -1.96. The predicted octanol–water partition coefficient (Wildman–Crippen LogP) is 1.58. The fourth-order valence-corrected chi connectivity index (χ4v) is 4.51. The number of benzene rings is 1. The second kappa shape index (κ2) is 9.24. The highest BCUT2D eigenvalue weighted by atomic mass is 16.5. The summed E-state index contributed by atoms with van der Waals surface area (Å²) in [5, 5.41) is 3.02. The highest BCUT2D eigenvalue weighted by Crippen LogP contribution is 2.21. The molecule has 0 aromatic heterocycles. The van der Waals surface area contributed by atoms with E-state index in [9.17, 15) is 9.59 Å². The number of morpholine rings is 1. The number of fused-ring (bicyclic) bond motifs is 1. The Morgan fingerprint density at radius 2 is 1.93 bits per heavy atom. The Balaban J connectivity index is 1.39.